The Bertz CT molecular complexity index is 398. The summed E-state index contributed by atoms with van der Waals surface area (Å²) in [6.45, 7) is 5.63. The highest BCUT2D eigenvalue weighted by Gasteiger charge is 2.40. The fourth-order valence-electron chi connectivity index (χ4n) is 2.61. The van der Waals surface area contributed by atoms with E-state index in [-0.39, 0.29) is 0 Å². The average molecular weight is 282 g/mol. The maximum absolute atomic E-state index is 11.6. The molecule has 19 heavy (non-hydrogen) atoms. The molecule has 1 aromatic heterocycles. The number of nitrogens with one attached hydrogen (secondary N) is 1. The van der Waals surface area contributed by atoms with E-state index in [0.717, 1.165) is 26.1 Å². The largest absolute Gasteiger partial charge is 0.480 e. The summed E-state index contributed by atoms with van der Waals surface area (Å²) in [5, 5.41) is 14.9. The third-order valence-corrected chi connectivity index (χ3v) is 4.72. The van der Waals surface area contributed by atoms with E-state index in [9.17, 15) is 9.90 Å². The molecule has 0 amide bonds. The van der Waals surface area contributed by atoms with Gasteiger partial charge in [0.2, 0.25) is 0 Å². The number of aliphatic carboxylic acids is 1. The number of carboxylic acid groups (broad SMARTS) is 1. The fourth-order valence-corrected chi connectivity index (χ4v) is 3.25. The lowest BCUT2D eigenvalue weighted by atomic mass is 9.87. The quantitative estimate of drug-likeness (QED) is 0.839. The van der Waals surface area contributed by atoms with E-state index in [2.05, 4.69) is 17.1 Å². The SMILES string of the molecule is CCCN1CCC(NCc2cccs2)(C(=O)O)CC1. The Morgan fingerprint density at radius 3 is 2.79 bits per heavy atom. The van der Waals surface area contributed by atoms with Crippen LogP contribution in [0.1, 0.15) is 31.1 Å². The monoisotopic (exact) mass is 282 g/mol. The van der Waals surface area contributed by atoms with Crippen LogP contribution in [0.15, 0.2) is 17.5 Å². The fraction of sp³-hybridized carbons (Fsp3) is 0.643. The zero-order chi connectivity index (χ0) is 13.7. The molecule has 0 radical (unpaired) electrons. The topological polar surface area (TPSA) is 52.6 Å². The van der Waals surface area contributed by atoms with Gasteiger partial charge in [-0.05, 0) is 37.3 Å². The van der Waals surface area contributed by atoms with Crippen molar-refractivity contribution in [1.29, 1.82) is 0 Å². The number of likely N-dealkylation sites (tertiary alicyclic amines) is 1. The summed E-state index contributed by atoms with van der Waals surface area (Å²) in [6.07, 6.45) is 2.50. The Kier molecular flexibility index (Phi) is 4.96. The van der Waals surface area contributed by atoms with E-state index in [1.54, 1.807) is 11.3 Å². The number of carbonyl (C=O) groups is 1. The van der Waals surface area contributed by atoms with Crippen molar-refractivity contribution in [3.63, 3.8) is 0 Å². The lowest BCUT2D eigenvalue weighted by molar-refractivity contribution is -0.147. The van der Waals surface area contributed by atoms with Gasteiger partial charge in [-0.25, -0.2) is 0 Å². The summed E-state index contributed by atoms with van der Waals surface area (Å²) < 4.78 is 0. The van der Waals surface area contributed by atoms with Gasteiger partial charge in [-0.2, -0.15) is 0 Å². The number of nitrogens with zero attached hydrogens (tertiary/aromatic N) is 1. The van der Waals surface area contributed by atoms with Crippen LogP contribution >= 0.6 is 11.3 Å². The molecular weight excluding hydrogens is 260 g/mol. The summed E-state index contributed by atoms with van der Waals surface area (Å²) >= 11 is 1.66. The molecule has 0 saturated carbocycles. The molecule has 2 N–H and O–H groups in total. The van der Waals surface area contributed by atoms with Crippen LogP contribution in [0.5, 0.6) is 0 Å². The van der Waals surface area contributed by atoms with Crippen LogP contribution in [0.4, 0.5) is 0 Å². The molecular formula is C14H22N2O2S. The number of hydrogen-bond acceptors (Lipinski definition) is 4. The second-order valence-electron chi connectivity index (χ2n) is 5.16. The Hall–Kier alpha value is -0.910. The first kappa shape index (κ1) is 14.5. The van der Waals surface area contributed by atoms with Gasteiger partial charge in [0, 0.05) is 24.5 Å². The molecule has 0 atom stereocenters. The standard InChI is InChI=1S/C14H22N2O2S/c1-2-7-16-8-5-14(6-9-16,13(17)18)15-11-12-4-3-10-19-12/h3-4,10,15H,2,5-9,11H2,1H3,(H,17,18). The molecule has 2 heterocycles. The summed E-state index contributed by atoms with van der Waals surface area (Å²) in [6, 6.07) is 4.04. The van der Waals surface area contributed by atoms with Gasteiger partial charge in [0.25, 0.3) is 0 Å². The van der Waals surface area contributed by atoms with Crippen molar-refractivity contribution in [1.82, 2.24) is 10.2 Å². The van der Waals surface area contributed by atoms with Gasteiger partial charge in [-0.3, -0.25) is 10.1 Å². The first-order valence-corrected chi connectivity index (χ1v) is 7.77. The van der Waals surface area contributed by atoms with Crippen LogP contribution in [0, 0.1) is 0 Å². The predicted molar refractivity (Wildman–Crippen MR) is 77.5 cm³/mol. The molecule has 106 valence electrons. The Morgan fingerprint density at radius 2 is 2.26 bits per heavy atom. The van der Waals surface area contributed by atoms with E-state index in [1.165, 1.54) is 4.88 Å². The number of rotatable bonds is 6. The highest BCUT2D eigenvalue weighted by atomic mass is 32.1. The van der Waals surface area contributed by atoms with Gasteiger partial charge in [0.05, 0.1) is 0 Å². The second kappa shape index (κ2) is 6.50. The van der Waals surface area contributed by atoms with Crippen molar-refractivity contribution in [2.45, 2.75) is 38.3 Å². The minimum atomic E-state index is -0.742. The van der Waals surface area contributed by atoms with Crippen LogP contribution < -0.4 is 5.32 Å². The number of thiophene rings is 1. The van der Waals surface area contributed by atoms with Gasteiger partial charge in [0.15, 0.2) is 0 Å². The van der Waals surface area contributed by atoms with Gasteiger partial charge >= 0.3 is 5.97 Å². The average Bonchev–Trinajstić information content (AvgIpc) is 2.91. The molecule has 1 aromatic rings. The first-order valence-electron chi connectivity index (χ1n) is 6.89. The maximum Gasteiger partial charge on any atom is 0.324 e. The maximum atomic E-state index is 11.6. The smallest absolute Gasteiger partial charge is 0.324 e. The molecule has 1 saturated heterocycles. The van der Waals surface area contributed by atoms with Crippen LogP contribution in [-0.2, 0) is 11.3 Å². The summed E-state index contributed by atoms with van der Waals surface area (Å²) in [4.78, 5) is 15.2. The van der Waals surface area contributed by atoms with Gasteiger partial charge in [-0.15, -0.1) is 11.3 Å². The van der Waals surface area contributed by atoms with Crippen molar-refractivity contribution in [2.24, 2.45) is 0 Å². The molecule has 0 unspecified atom stereocenters. The second-order valence-corrected chi connectivity index (χ2v) is 6.19. The normalized spacial score (nSPS) is 19.4. The number of carboxylic acids is 1. The molecule has 0 spiro atoms. The van der Waals surface area contributed by atoms with Gasteiger partial charge in [-0.1, -0.05) is 13.0 Å². The first-order chi connectivity index (χ1) is 9.16. The predicted octanol–water partition coefficient (Wildman–Crippen LogP) is 2.17. The minimum Gasteiger partial charge on any atom is -0.480 e. The Morgan fingerprint density at radius 1 is 1.53 bits per heavy atom. The molecule has 2 rings (SSSR count). The molecule has 4 nitrogen and oxygen atoms in total. The third kappa shape index (κ3) is 3.55. The molecule has 5 heteroatoms. The van der Waals surface area contributed by atoms with E-state index >= 15 is 0 Å². The Balaban J connectivity index is 1.94. The lowest BCUT2D eigenvalue weighted by Crippen LogP contribution is -2.58. The van der Waals surface area contributed by atoms with Crippen molar-refractivity contribution in [3.05, 3.63) is 22.4 Å². The molecule has 0 bridgehead atoms. The molecule has 1 aliphatic rings. The highest BCUT2D eigenvalue weighted by molar-refractivity contribution is 7.09. The van der Waals surface area contributed by atoms with Crippen molar-refractivity contribution < 1.29 is 9.90 Å². The number of piperidine rings is 1. The third-order valence-electron chi connectivity index (χ3n) is 3.84. The minimum absolute atomic E-state index is 0.651. The van der Waals surface area contributed by atoms with Crippen LogP contribution in [0.25, 0.3) is 0 Å². The highest BCUT2D eigenvalue weighted by Crippen LogP contribution is 2.24. The van der Waals surface area contributed by atoms with E-state index in [0.29, 0.717) is 19.4 Å². The van der Waals surface area contributed by atoms with E-state index < -0.39 is 11.5 Å². The zero-order valence-electron chi connectivity index (χ0n) is 11.4. The molecule has 0 aromatic carbocycles. The summed E-state index contributed by atoms with van der Waals surface area (Å²) in [5.41, 5.74) is -0.742. The lowest BCUT2D eigenvalue weighted by Gasteiger charge is -2.39. The van der Waals surface area contributed by atoms with Crippen LogP contribution in [0.3, 0.4) is 0 Å². The zero-order valence-corrected chi connectivity index (χ0v) is 12.2. The molecule has 0 aliphatic carbocycles. The van der Waals surface area contributed by atoms with Gasteiger partial charge in [0.1, 0.15) is 5.54 Å². The van der Waals surface area contributed by atoms with Crippen LogP contribution in [0.2, 0.25) is 0 Å². The number of hydrogen-bond donors (Lipinski definition) is 2. The van der Waals surface area contributed by atoms with Crippen LogP contribution in [-0.4, -0.2) is 41.1 Å². The van der Waals surface area contributed by atoms with E-state index in [4.69, 9.17) is 0 Å². The molecule has 1 fully saturated rings. The van der Waals surface area contributed by atoms with Crippen molar-refractivity contribution in [3.8, 4) is 0 Å². The van der Waals surface area contributed by atoms with Crippen molar-refractivity contribution in [2.75, 3.05) is 19.6 Å². The Labute approximate surface area is 118 Å². The van der Waals surface area contributed by atoms with Gasteiger partial charge < -0.3 is 10.0 Å². The molecule has 1 aliphatic heterocycles. The summed E-state index contributed by atoms with van der Waals surface area (Å²) in [5.74, 6) is -0.708. The summed E-state index contributed by atoms with van der Waals surface area (Å²) in [7, 11) is 0. The van der Waals surface area contributed by atoms with E-state index in [1.807, 2.05) is 17.5 Å². The van der Waals surface area contributed by atoms with Crippen molar-refractivity contribution >= 4 is 17.3 Å².